The van der Waals surface area contributed by atoms with Gasteiger partial charge in [-0.05, 0) is 91.4 Å². The van der Waals surface area contributed by atoms with Crippen molar-refractivity contribution in [1.82, 2.24) is 4.90 Å². The predicted molar refractivity (Wildman–Crippen MR) is 242 cm³/mol. The number of carbonyl (C=O) groups excluding carboxylic acids is 2. The largest absolute Gasteiger partial charge is 0.465 e. The highest BCUT2D eigenvalue weighted by molar-refractivity contribution is 7.91. The number of sulfone groups is 1. The maximum atomic E-state index is 12.9. The fourth-order valence-corrected chi connectivity index (χ4v) is 8.33. The molecule has 1 N–H and O–H groups in total. The molecule has 0 aromatic rings. The van der Waals surface area contributed by atoms with Gasteiger partial charge in [0, 0.05) is 31.3 Å². The van der Waals surface area contributed by atoms with Crippen molar-refractivity contribution in [3.63, 3.8) is 0 Å². The minimum Gasteiger partial charge on any atom is -0.465 e. The van der Waals surface area contributed by atoms with E-state index in [0.29, 0.717) is 6.42 Å². The summed E-state index contributed by atoms with van der Waals surface area (Å²) in [5.41, 5.74) is -0.646. The number of allylic oxidation sites excluding steroid dienone is 4. The van der Waals surface area contributed by atoms with Crippen molar-refractivity contribution < 1.29 is 37.4 Å². The first kappa shape index (κ1) is 55.6. The van der Waals surface area contributed by atoms with Crippen LogP contribution in [0, 0.1) is 0 Å². The van der Waals surface area contributed by atoms with Crippen LogP contribution in [0.1, 0.15) is 227 Å². The van der Waals surface area contributed by atoms with Crippen molar-refractivity contribution in [3.8, 4) is 0 Å². The van der Waals surface area contributed by atoms with E-state index < -0.39 is 33.5 Å². The van der Waals surface area contributed by atoms with Crippen LogP contribution in [-0.4, -0.2) is 72.8 Å². The van der Waals surface area contributed by atoms with Gasteiger partial charge in [-0.15, -0.1) is 0 Å². The zero-order valence-electron chi connectivity index (χ0n) is 38.1. The standard InChI is InChI=1S/C48H89NO8S/c1-6-8-10-12-14-16-18-20-22-24-26-28-30-32-34-37-45(50)56-43-44(39-42-58(54,55)41-36-40-49(47(52)53)48(3,4)5)57-46(51)38-35-33-31-29-27-25-23-21-19-17-15-13-11-9-7-2/h20-23,44H,6-19,24-43H2,1-5H3,(H,52,53)/b22-20-,23-21-. The van der Waals surface area contributed by atoms with Crippen molar-refractivity contribution in [3.05, 3.63) is 24.3 Å². The minimum absolute atomic E-state index is 0.0169. The molecule has 0 rings (SSSR count). The fraction of sp³-hybridized carbons (Fsp3) is 0.854. The molecule has 10 heteroatoms. The number of ether oxygens (including phenoxy) is 2. The molecule has 0 aromatic heterocycles. The Labute approximate surface area is 356 Å². The topological polar surface area (TPSA) is 127 Å². The zero-order chi connectivity index (χ0) is 43.2. The summed E-state index contributed by atoms with van der Waals surface area (Å²) in [5.74, 6) is -1.20. The van der Waals surface area contributed by atoms with Crippen molar-refractivity contribution in [2.24, 2.45) is 0 Å². The summed E-state index contributed by atoms with van der Waals surface area (Å²) < 4.78 is 37.1. The Morgan fingerprint density at radius 2 is 0.966 bits per heavy atom. The molecule has 0 saturated heterocycles. The lowest BCUT2D eigenvalue weighted by molar-refractivity contribution is -0.159. The molecule has 58 heavy (non-hydrogen) atoms. The summed E-state index contributed by atoms with van der Waals surface area (Å²) in [6.45, 7) is 9.72. The third-order valence-electron chi connectivity index (χ3n) is 10.6. The van der Waals surface area contributed by atoms with Crippen LogP contribution in [0.3, 0.4) is 0 Å². The van der Waals surface area contributed by atoms with Gasteiger partial charge in [-0.25, -0.2) is 13.2 Å². The number of hydrogen-bond acceptors (Lipinski definition) is 7. The van der Waals surface area contributed by atoms with Gasteiger partial charge in [0.15, 0.2) is 9.84 Å². The van der Waals surface area contributed by atoms with E-state index in [0.717, 1.165) is 70.6 Å². The summed E-state index contributed by atoms with van der Waals surface area (Å²) >= 11 is 0. The smallest absolute Gasteiger partial charge is 0.407 e. The number of hydrogen-bond donors (Lipinski definition) is 1. The molecule has 0 aliphatic heterocycles. The second-order valence-electron chi connectivity index (χ2n) is 17.4. The van der Waals surface area contributed by atoms with E-state index in [2.05, 4.69) is 38.2 Å². The second-order valence-corrected chi connectivity index (χ2v) is 19.7. The van der Waals surface area contributed by atoms with Crippen LogP contribution in [0.4, 0.5) is 4.79 Å². The van der Waals surface area contributed by atoms with Gasteiger partial charge < -0.3 is 19.5 Å². The Balaban J connectivity index is 4.62. The third-order valence-corrected chi connectivity index (χ3v) is 12.4. The van der Waals surface area contributed by atoms with Crippen molar-refractivity contribution in [2.75, 3.05) is 24.7 Å². The van der Waals surface area contributed by atoms with E-state index in [1.54, 1.807) is 20.8 Å². The van der Waals surface area contributed by atoms with Crippen LogP contribution in [-0.2, 0) is 28.9 Å². The molecule has 0 spiro atoms. The first-order chi connectivity index (χ1) is 27.8. The molecule has 0 saturated carbocycles. The average molecular weight is 840 g/mol. The maximum absolute atomic E-state index is 12.9. The summed E-state index contributed by atoms with van der Waals surface area (Å²) in [5, 5.41) is 9.53. The normalized spacial score (nSPS) is 12.7. The van der Waals surface area contributed by atoms with Crippen LogP contribution in [0.5, 0.6) is 0 Å². The highest BCUT2D eigenvalue weighted by Gasteiger charge is 2.27. The van der Waals surface area contributed by atoms with Gasteiger partial charge in [0.1, 0.15) is 12.7 Å². The van der Waals surface area contributed by atoms with E-state index in [4.69, 9.17) is 9.47 Å². The average Bonchev–Trinajstić information content (AvgIpc) is 3.16. The van der Waals surface area contributed by atoms with Gasteiger partial charge in [0.05, 0.1) is 11.5 Å². The molecule has 0 aliphatic rings. The van der Waals surface area contributed by atoms with Gasteiger partial charge in [-0.3, -0.25) is 9.59 Å². The summed E-state index contributed by atoms with van der Waals surface area (Å²) in [7, 11) is -3.56. The van der Waals surface area contributed by atoms with Gasteiger partial charge in [0.25, 0.3) is 0 Å². The zero-order valence-corrected chi connectivity index (χ0v) is 38.9. The molecule has 0 aliphatic carbocycles. The quantitative estimate of drug-likeness (QED) is 0.0367. The molecule has 9 nitrogen and oxygen atoms in total. The molecule has 1 amide bonds. The van der Waals surface area contributed by atoms with Gasteiger partial charge in [-0.1, -0.05) is 141 Å². The van der Waals surface area contributed by atoms with Crippen molar-refractivity contribution in [2.45, 2.75) is 239 Å². The molecule has 0 bridgehead atoms. The monoisotopic (exact) mass is 840 g/mol. The van der Waals surface area contributed by atoms with Crippen LogP contribution >= 0.6 is 0 Å². The summed E-state index contributed by atoms with van der Waals surface area (Å²) in [6.07, 6.45) is 38.3. The van der Waals surface area contributed by atoms with E-state index >= 15 is 0 Å². The molecular formula is C48H89NO8S. The number of esters is 2. The fourth-order valence-electron chi connectivity index (χ4n) is 6.93. The predicted octanol–water partition coefficient (Wildman–Crippen LogP) is 13.5. The molecular weight excluding hydrogens is 751 g/mol. The Morgan fingerprint density at radius 1 is 0.569 bits per heavy atom. The molecule has 1 unspecified atom stereocenters. The first-order valence-electron chi connectivity index (χ1n) is 23.7. The Morgan fingerprint density at radius 3 is 1.38 bits per heavy atom. The molecule has 0 aromatic carbocycles. The van der Waals surface area contributed by atoms with Crippen LogP contribution in [0.25, 0.3) is 0 Å². The SMILES string of the molecule is CCCCCCCC/C=C\CCCCCCCC(=O)OCC(CCS(=O)(=O)CCCN(C(=O)O)C(C)(C)C)OC(=O)CCCCCCC/C=C\CCCCCCCC. The van der Waals surface area contributed by atoms with Crippen LogP contribution in [0.2, 0.25) is 0 Å². The number of carbonyl (C=O) groups is 3. The first-order valence-corrected chi connectivity index (χ1v) is 25.5. The third kappa shape index (κ3) is 36.7. The number of nitrogens with zero attached hydrogens (tertiary/aromatic N) is 1. The molecule has 1 atom stereocenters. The van der Waals surface area contributed by atoms with Crippen molar-refractivity contribution >= 4 is 27.9 Å². The molecule has 340 valence electrons. The van der Waals surface area contributed by atoms with E-state index in [-0.39, 0.29) is 56.3 Å². The number of amides is 1. The van der Waals surface area contributed by atoms with Gasteiger partial charge in [0.2, 0.25) is 0 Å². The number of carboxylic acid groups (broad SMARTS) is 1. The molecule has 0 fully saturated rings. The Bertz CT molecular complexity index is 1180. The lowest BCUT2D eigenvalue weighted by Crippen LogP contribution is -2.45. The minimum atomic E-state index is -3.56. The maximum Gasteiger partial charge on any atom is 0.407 e. The van der Waals surface area contributed by atoms with E-state index in [1.165, 1.54) is 94.8 Å². The Kier molecular flexibility index (Phi) is 36.1. The number of unbranched alkanes of at least 4 members (excludes halogenated alkanes) is 22. The van der Waals surface area contributed by atoms with E-state index in [1.807, 2.05) is 0 Å². The van der Waals surface area contributed by atoms with E-state index in [9.17, 15) is 27.9 Å². The summed E-state index contributed by atoms with van der Waals surface area (Å²) in [4.78, 5) is 38.3. The highest BCUT2D eigenvalue weighted by Crippen LogP contribution is 2.16. The molecule has 0 heterocycles. The lowest BCUT2D eigenvalue weighted by Gasteiger charge is -2.33. The number of rotatable bonds is 40. The Hall–Kier alpha value is -2.36. The molecule has 0 radical (unpaired) electrons. The highest BCUT2D eigenvalue weighted by atomic mass is 32.2. The lowest BCUT2D eigenvalue weighted by atomic mass is 10.1. The van der Waals surface area contributed by atoms with Gasteiger partial charge >= 0.3 is 18.0 Å². The van der Waals surface area contributed by atoms with Crippen LogP contribution in [0.15, 0.2) is 24.3 Å². The van der Waals surface area contributed by atoms with Gasteiger partial charge in [-0.2, -0.15) is 0 Å². The van der Waals surface area contributed by atoms with Crippen LogP contribution < -0.4 is 0 Å². The van der Waals surface area contributed by atoms with Crippen molar-refractivity contribution in [1.29, 1.82) is 0 Å². The summed E-state index contributed by atoms with van der Waals surface area (Å²) in [6, 6.07) is 0. The second kappa shape index (κ2) is 37.6.